The standard InChI is InChI=1S/C12H20N4O3/c1-2-3-4-5-8-13-12(17)7-10-15-9-6-11(14-15)16(18)19/h6,9H,2-5,7-8,10H2,1H3,(H,13,17). The van der Waals surface area contributed by atoms with E-state index in [0.29, 0.717) is 13.1 Å². The molecule has 106 valence electrons. The Bertz CT molecular complexity index is 417. The average molecular weight is 268 g/mol. The van der Waals surface area contributed by atoms with E-state index in [-0.39, 0.29) is 18.1 Å². The van der Waals surface area contributed by atoms with E-state index < -0.39 is 4.92 Å². The zero-order valence-corrected chi connectivity index (χ0v) is 11.2. The van der Waals surface area contributed by atoms with Crippen LogP contribution in [0.25, 0.3) is 0 Å². The largest absolute Gasteiger partial charge is 0.389 e. The molecule has 0 aromatic carbocycles. The lowest BCUT2D eigenvalue weighted by molar-refractivity contribution is -0.389. The third kappa shape index (κ3) is 5.98. The molecule has 0 aliphatic carbocycles. The zero-order chi connectivity index (χ0) is 14.1. The minimum Gasteiger partial charge on any atom is -0.358 e. The Hall–Kier alpha value is -1.92. The van der Waals surface area contributed by atoms with Gasteiger partial charge in [0.05, 0.1) is 23.9 Å². The van der Waals surface area contributed by atoms with Crippen molar-refractivity contribution in [3.63, 3.8) is 0 Å². The Labute approximate surface area is 112 Å². The third-order valence-corrected chi connectivity index (χ3v) is 2.73. The van der Waals surface area contributed by atoms with Gasteiger partial charge in [0.2, 0.25) is 5.91 Å². The monoisotopic (exact) mass is 268 g/mol. The maximum absolute atomic E-state index is 11.5. The minimum atomic E-state index is -0.551. The molecule has 0 aliphatic rings. The molecule has 0 fully saturated rings. The highest BCUT2D eigenvalue weighted by Crippen LogP contribution is 2.05. The highest BCUT2D eigenvalue weighted by atomic mass is 16.6. The molecule has 0 saturated carbocycles. The van der Waals surface area contributed by atoms with Crippen molar-refractivity contribution in [1.82, 2.24) is 15.1 Å². The van der Waals surface area contributed by atoms with E-state index in [1.165, 1.54) is 29.8 Å². The Morgan fingerprint density at radius 3 is 2.89 bits per heavy atom. The van der Waals surface area contributed by atoms with Crippen LogP contribution in [0.1, 0.15) is 39.0 Å². The van der Waals surface area contributed by atoms with Gasteiger partial charge < -0.3 is 15.4 Å². The molecule has 0 atom stereocenters. The lowest BCUT2D eigenvalue weighted by atomic mass is 10.2. The molecule has 19 heavy (non-hydrogen) atoms. The first-order valence-electron chi connectivity index (χ1n) is 6.58. The van der Waals surface area contributed by atoms with Gasteiger partial charge in [-0.1, -0.05) is 26.2 Å². The molecule has 0 bridgehead atoms. The summed E-state index contributed by atoms with van der Waals surface area (Å²) in [6.07, 6.45) is 6.27. The summed E-state index contributed by atoms with van der Waals surface area (Å²) in [6.45, 7) is 3.19. The summed E-state index contributed by atoms with van der Waals surface area (Å²) >= 11 is 0. The molecule has 7 heteroatoms. The molecule has 0 radical (unpaired) electrons. The minimum absolute atomic E-state index is 0.0466. The van der Waals surface area contributed by atoms with Gasteiger partial charge in [-0.2, -0.15) is 4.68 Å². The fourth-order valence-corrected chi connectivity index (χ4v) is 1.66. The number of amides is 1. The van der Waals surface area contributed by atoms with Crippen molar-refractivity contribution in [2.75, 3.05) is 6.54 Å². The van der Waals surface area contributed by atoms with Crippen molar-refractivity contribution in [3.05, 3.63) is 22.4 Å². The van der Waals surface area contributed by atoms with Crippen LogP contribution in [0.5, 0.6) is 0 Å². The predicted octanol–water partition coefficient (Wildman–Crippen LogP) is 1.88. The molecule has 0 aliphatic heterocycles. The Morgan fingerprint density at radius 1 is 1.47 bits per heavy atom. The SMILES string of the molecule is CCCCCCNC(=O)CCn1ccc([N+](=O)[O-])n1. The van der Waals surface area contributed by atoms with Gasteiger partial charge in [0.1, 0.15) is 0 Å². The van der Waals surface area contributed by atoms with Crippen LogP contribution in [-0.2, 0) is 11.3 Å². The van der Waals surface area contributed by atoms with E-state index in [2.05, 4.69) is 17.3 Å². The smallest absolute Gasteiger partial charge is 0.358 e. The quantitative estimate of drug-likeness (QED) is 0.420. The summed E-state index contributed by atoms with van der Waals surface area (Å²) in [5.74, 6) is -0.241. The van der Waals surface area contributed by atoms with Gasteiger partial charge in [-0.15, -0.1) is 0 Å². The fraction of sp³-hybridized carbons (Fsp3) is 0.667. The van der Waals surface area contributed by atoms with Crippen LogP contribution < -0.4 is 5.32 Å². The molecule has 1 aromatic rings. The molecule has 0 spiro atoms. The lowest BCUT2D eigenvalue weighted by Crippen LogP contribution is -2.25. The number of nitro groups is 1. The number of hydrogen-bond donors (Lipinski definition) is 1. The Kier molecular flexibility index (Phi) is 6.56. The van der Waals surface area contributed by atoms with Crippen molar-refractivity contribution in [3.8, 4) is 0 Å². The predicted molar refractivity (Wildman–Crippen MR) is 70.7 cm³/mol. The second-order valence-electron chi connectivity index (χ2n) is 4.35. The molecular formula is C12H20N4O3. The molecular weight excluding hydrogens is 248 g/mol. The van der Waals surface area contributed by atoms with E-state index in [4.69, 9.17) is 0 Å². The summed E-state index contributed by atoms with van der Waals surface area (Å²) in [7, 11) is 0. The summed E-state index contributed by atoms with van der Waals surface area (Å²) < 4.78 is 1.41. The number of nitrogens with one attached hydrogen (secondary N) is 1. The zero-order valence-electron chi connectivity index (χ0n) is 11.2. The summed E-state index contributed by atoms with van der Waals surface area (Å²) in [5, 5.41) is 17.0. The fourth-order valence-electron chi connectivity index (χ4n) is 1.66. The Morgan fingerprint density at radius 2 is 2.26 bits per heavy atom. The number of carbonyl (C=O) groups is 1. The number of unbranched alkanes of at least 4 members (excludes halogenated alkanes) is 3. The number of rotatable bonds is 9. The van der Waals surface area contributed by atoms with Crippen LogP contribution in [0.15, 0.2) is 12.3 Å². The van der Waals surface area contributed by atoms with E-state index in [1.807, 2.05) is 0 Å². The van der Waals surface area contributed by atoms with E-state index in [1.54, 1.807) is 0 Å². The molecule has 1 rings (SSSR count). The normalized spacial score (nSPS) is 10.4. The maximum Gasteiger partial charge on any atom is 0.389 e. The van der Waals surface area contributed by atoms with Crippen molar-refractivity contribution in [1.29, 1.82) is 0 Å². The number of carbonyl (C=O) groups excluding carboxylic acids is 1. The van der Waals surface area contributed by atoms with Crippen molar-refractivity contribution < 1.29 is 9.72 Å². The van der Waals surface area contributed by atoms with Gasteiger partial charge >= 0.3 is 5.82 Å². The average Bonchev–Trinajstić information content (AvgIpc) is 2.85. The van der Waals surface area contributed by atoms with Crippen LogP contribution >= 0.6 is 0 Å². The van der Waals surface area contributed by atoms with Gasteiger partial charge in [0.25, 0.3) is 0 Å². The van der Waals surface area contributed by atoms with Crippen molar-refractivity contribution >= 4 is 11.7 Å². The maximum atomic E-state index is 11.5. The summed E-state index contributed by atoms with van der Waals surface area (Å²) in [5.41, 5.74) is 0. The van der Waals surface area contributed by atoms with Crippen molar-refractivity contribution in [2.24, 2.45) is 0 Å². The molecule has 1 heterocycles. The van der Waals surface area contributed by atoms with E-state index in [0.717, 1.165) is 12.8 Å². The van der Waals surface area contributed by atoms with Gasteiger partial charge in [0, 0.05) is 13.0 Å². The van der Waals surface area contributed by atoms with E-state index in [9.17, 15) is 14.9 Å². The molecule has 7 nitrogen and oxygen atoms in total. The van der Waals surface area contributed by atoms with Crippen molar-refractivity contribution in [2.45, 2.75) is 45.6 Å². The van der Waals surface area contributed by atoms with Crippen LogP contribution in [0.2, 0.25) is 0 Å². The van der Waals surface area contributed by atoms with Crippen LogP contribution in [0.3, 0.4) is 0 Å². The summed E-state index contributed by atoms with van der Waals surface area (Å²) in [6, 6.07) is 1.32. The second kappa shape index (κ2) is 8.23. The van der Waals surface area contributed by atoms with E-state index >= 15 is 0 Å². The highest BCUT2D eigenvalue weighted by molar-refractivity contribution is 5.75. The third-order valence-electron chi connectivity index (χ3n) is 2.73. The molecule has 1 aromatic heterocycles. The van der Waals surface area contributed by atoms with Gasteiger partial charge in [-0.25, -0.2) is 0 Å². The topological polar surface area (TPSA) is 90.1 Å². The lowest BCUT2D eigenvalue weighted by Gasteiger charge is -2.03. The van der Waals surface area contributed by atoms with Crippen LogP contribution in [0.4, 0.5) is 5.82 Å². The number of aromatic nitrogens is 2. The first-order valence-corrected chi connectivity index (χ1v) is 6.58. The van der Waals surface area contributed by atoms with Crippen LogP contribution in [-0.4, -0.2) is 27.2 Å². The van der Waals surface area contributed by atoms with Gasteiger partial charge in [0.15, 0.2) is 0 Å². The first-order chi connectivity index (χ1) is 9.13. The summed E-state index contributed by atoms with van der Waals surface area (Å²) in [4.78, 5) is 21.4. The van der Waals surface area contributed by atoms with Crippen LogP contribution in [0, 0.1) is 10.1 Å². The first kappa shape index (κ1) is 15.1. The molecule has 1 N–H and O–H groups in total. The Balaban J connectivity index is 2.17. The second-order valence-corrected chi connectivity index (χ2v) is 4.35. The molecule has 1 amide bonds. The number of hydrogen-bond acceptors (Lipinski definition) is 4. The highest BCUT2D eigenvalue weighted by Gasteiger charge is 2.11. The van der Waals surface area contributed by atoms with Gasteiger partial charge in [-0.05, 0) is 11.3 Å². The van der Waals surface area contributed by atoms with Gasteiger partial charge in [-0.3, -0.25) is 4.79 Å². The molecule has 0 saturated heterocycles. The number of aryl methyl sites for hydroxylation is 1. The number of nitrogens with zero attached hydrogens (tertiary/aromatic N) is 3. The molecule has 0 unspecified atom stereocenters.